The van der Waals surface area contributed by atoms with E-state index in [1.807, 2.05) is 0 Å². The van der Waals surface area contributed by atoms with E-state index in [2.05, 4.69) is 9.72 Å². The van der Waals surface area contributed by atoms with Crippen LogP contribution in [0.1, 0.15) is 23.0 Å². The first-order chi connectivity index (χ1) is 7.36. The maximum Gasteiger partial charge on any atom is 0.433 e. The second kappa shape index (κ2) is 4.98. The van der Waals surface area contributed by atoms with Crippen LogP contribution in [-0.2, 0) is 10.9 Å². The van der Waals surface area contributed by atoms with Gasteiger partial charge in [0.25, 0.3) is 0 Å². The predicted molar refractivity (Wildman–Crippen MR) is 57.9 cm³/mol. The van der Waals surface area contributed by atoms with E-state index in [9.17, 15) is 18.0 Å². The maximum absolute atomic E-state index is 12.3. The summed E-state index contributed by atoms with van der Waals surface area (Å²) in [5, 5.41) is 0. The summed E-state index contributed by atoms with van der Waals surface area (Å²) in [4.78, 5) is 14.5. The molecule has 0 atom stereocenters. The van der Waals surface area contributed by atoms with Crippen LogP contribution in [0.4, 0.5) is 13.2 Å². The molecule has 0 aliphatic rings. The van der Waals surface area contributed by atoms with E-state index >= 15 is 0 Å². The summed E-state index contributed by atoms with van der Waals surface area (Å²) in [6, 6.07) is 0.812. The molecule has 0 spiro atoms. The molecule has 0 aliphatic carbocycles. The van der Waals surface area contributed by atoms with Crippen molar-refractivity contribution in [3.63, 3.8) is 0 Å². The zero-order valence-electron chi connectivity index (χ0n) is 8.14. The number of aromatic nitrogens is 1. The number of nitrogens with zero attached hydrogens (tertiary/aromatic N) is 1. The average molecular weight is 345 g/mol. The Bertz CT molecular complexity index is 406. The van der Waals surface area contributed by atoms with Gasteiger partial charge in [-0.3, -0.25) is 4.98 Å². The number of hydrogen-bond acceptors (Lipinski definition) is 3. The Kier molecular flexibility index (Phi) is 4.11. The van der Waals surface area contributed by atoms with Gasteiger partial charge in [0.15, 0.2) is 0 Å². The van der Waals surface area contributed by atoms with E-state index < -0.39 is 17.8 Å². The monoisotopic (exact) mass is 345 g/mol. The summed E-state index contributed by atoms with van der Waals surface area (Å²) in [5.41, 5.74) is -0.986. The van der Waals surface area contributed by atoms with Crippen LogP contribution in [0.2, 0.25) is 0 Å². The van der Waals surface area contributed by atoms with Crippen molar-refractivity contribution in [3.8, 4) is 0 Å². The van der Waals surface area contributed by atoms with Gasteiger partial charge in [-0.1, -0.05) is 0 Å². The van der Waals surface area contributed by atoms with Gasteiger partial charge in [0, 0.05) is 9.77 Å². The number of rotatable bonds is 2. The highest BCUT2D eigenvalue weighted by Crippen LogP contribution is 2.29. The van der Waals surface area contributed by atoms with Gasteiger partial charge in [-0.25, -0.2) is 4.79 Å². The molecule has 7 heteroatoms. The Hall–Kier alpha value is -0.860. The van der Waals surface area contributed by atoms with Crippen LogP contribution in [0.3, 0.4) is 0 Å². The minimum atomic E-state index is -4.51. The number of ether oxygens (including phenoxy) is 1. The van der Waals surface area contributed by atoms with Gasteiger partial charge in [0.1, 0.15) is 5.69 Å². The van der Waals surface area contributed by atoms with Crippen molar-refractivity contribution in [1.29, 1.82) is 0 Å². The standard InChI is InChI=1S/C9H7F3INO2/c1-2-16-8(15)5-4-14-7(3-6(5)13)9(10,11)12/h3-4H,2H2,1H3. The number of hydrogen-bond donors (Lipinski definition) is 0. The fraction of sp³-hybridized carbons (Fsp3) is 0.333. The largest absolute Gasteiger partial charge is 0.462 e. The quantitative estimate of drug-likeness (QED) is 0.611. The zero-order valence-corrected chi connectivity index (χ0v) is 10.3. The van der Waals surface area contributed by atoms with Gasteiger partial charge in [-0.05, 0) is 35.6 Å². The van der Waals surface area contributed by atoms with Crippen molar-refractivity contribution in [2.75, 3.05) is 6.61 Å². The molecule has 0 aliphatic heterocycles. The van der Waals surface area contributed by atoms with Crippen molar-refractivity contribution in [2.24, 2.45) is 0 Å². The van der Waals surface area contributed by atoms with Crippen LogP contribution in [0.15, 0.2) is 12.3 Å². The number of esters is 1. The molecule has 0 bridgehead atoms. The average Bonchev–Trinajstić information content (AvgIpc) is 2.16. The number of pyridine rings is 1. The normalized spacial score (nSPS) is 11.3. The zero-order chi connectivity index (χ0) is 12.3. The van der Waals surface area contributed by atoms with E-state index in [0.29, 0.717) is 0 Å². The minimum Gasteiger partial charge on any atom is -0.462 e. The first-order valence-electron chi connectivity index (χ1n) is 4.26. The number of alkyl halides is 3. The molecule has 0 amide bonds. The molecule has 0 saturated heterocycles. The highest BCUT2D eigenvalue weighted by atomic mass is 127. The Morgan fingerprint density at radius 1 is 1.56 bits per heavy atom. The Balaban J connectivity index is 3.05. The van der Waals surface area contributed by atoms with E-state index in [1.54, 1.807) is 29.5 Å². The third kappa shape index (κ3) is 3.06. The fourth-order valence-electron chi connectivity index (χ4n) is 0.945. The SMILES string of the molecule is CCOC(=O)c1cnc(C(F)(F)F)cc1I. The molecule has 0 saturated carbocycles. The first-order valence-corrected chi connectivity index (χ1v) is 5.34. The molecule has 0 N–H and O–H groups in total. The van der Waals surface area contributed by atoms with Crippen molar-refractivity contribution < 1.29 is 22.7 Å². The highest BCUT2D eigenvalue weighted by Gasteiger charge is 2.33. The third-order valence-electron chi connectivity index (χ3n) is 1.64. The second-order valence-electron chi connectivity index (χ2n) is 2.77. The molecule has 0 fully saturated rings. The van der Waals surface area contributed by atoms with Crippen molar-refractivity contribution in [2.45, 2.75) is 13.1 Å². The van der Waals surface area contributed by atoms with Crippen LogP contribution in [0, 0.1) is 3.57 Å². The van der Waals surface area contributed by atoms with Gasteiger partial charge < -0.3 is 4.74 Å². The highest BCUT2D eigenvalue weighted by molar-refractivity contribution is 14.1. The predicted octanol–water partition coefficient (Wildman–Crippen LogP) is 2.88. The fourth-order valence-corrected chi connectivity index (χ4v) is 1.60. The van der Waals surface area contributed by atoms with E-state index in [1.165, 1.54) is 0 Å². The molecular formula is C9H7F3INO2. The van der Waals surface area contributed by atoms with E-state index in [0.717, 1.165) is 12.3 Å². The Morgan fingerprint density at radius 2 is 2.19 bits per heavy atom. The number of carbonyl (C=O) groups is 1. The Morgan fingerprint density at radius 3 is 2.62 bits per heavy atom. The van der Waals surface area contributed by atoms with Crippen LogP contribution in [0.5, 0.6) is 0 Å². The second-order valence-corrected chi connectivity index (χ2v) is 3.93. The van der Waals surface area contributed by atoms with Crippen LogP contribution < -0.4 is 0 Å². The molecule has 1 aromatic heterocycles. The molecule has 1 heterocycles. The molecule has 0 unspecified atom stereocenters. The lowest BCUT2D eigenvalue weighted by Crippen LogP contribution is -2.12. The molecule has 0 radical (unpaired) electrons. The molecule has 0 aromatic carbocycles. The lowest BCUT2D eigenvalue weighted by atomic mass is 10.2. The number of halogens is 4. The van der Waals surface area contributed by atoms with Gasteiger partial charge in [-0.15, -0.1) is 0 Å². The summed E-state index contributed by atoms with van der Waals surface area (Å²) >= 11 is 1.64. The lowest BCUT2D eigenvalue weighted by Gasteiger charge is -2.08. The summed E-state index contributed by atoms with van der Waals surface area (Å²) < 4.78 is 41.6. The van der Waals surface area contributed by atoms with Gasteiger partial charge >= 0.3 is 12.1 Å². The van der Waals surface area contributed by atoms with Crippen molar-refractivity contribution >= 4 is 28.6 Å². The first kappa shape index (κ1) is 13.2. The Labute approximate surface area is 103 Å². The molecule has 88 valence electrons. The van der Waals surface area contributed by atoms with Gasteiger partial charge in [0.2, 0.25) is 0 Å². The summed E-state index contributed by atoms with van der Waals surface area (Å²) in [6.45, 7) is 1.78. The third-order valence-corrected chi connectivity index (χ3v) is 2.53. The molecular weight excluding hydrogens is 338 g/mol. The van der Waals surface area contributed by atoms with E-state index in [-0.39, 0.29) is 15.7 Å². The van der Waals surface area contributed by atoms with Gasteiger partial charge in [0.05, 0.1) is 12.2 Å². The lowest BCUT2D eigenvalue weighted by molar-refractivity contribution is -0.141. The number of carbonyl (C=O) groups excluding carboxylic acids is 1. The van der Waals surface area contributed by atoms with Crippen LogP contribution in [-0.4, -0.2) is 17.6 Å². The van der Waals surface area contributed by atoms with E-state index in [4.69, 9.17) is 0 Å². The molecule has 1 rings (SSSR count). The van der Waals surface area contributed by atoms with Crippen molar-refractivity contribution in [1.82, 2.24) is 4.98 Å². The van der Waals surface area contributed by atoms with Crippen LogP contribution in [0.25, 0.3) is 0 Å². The molecule has 3 nitrogen and oxygen atoms in total. The molecule has 1 aromatic rings. The minimum absolute atomic E-state index is 0.0375. The summed E-state index contributed by atoms with van der Waals surface area (Å²) in [6.07, 6.45) is -3.63. The van der Waals surface area contributed by atoms with Crippen LogP contribution >= 0.6 is 22.6 Å². The van der Waals surface area contributed by atoms with Crippen molar-refractivity contribution in [3.05, 3.63) is 27.1 Å². The molecule has 16 heavy (non-hydrogen) atoms. The topological polar surface area (TPSA) is 39.2 Å². The van der Waals surface area contributed by atoms with Gasteiger partial charge in [-0.2, -0.15) is 13.2 Å². The summed E-state index contributed by atoms with van der Waals surface area (Å²) in [5.74, 6) is -0.673. The smallest absolute Gasteiger partial charge is 0.433 e. The maximum atomic E-state index is 12.3. The summed E-state index contributed by atoms with van der Waals surface area (Å²) in [7, 11) is 0.